The van der Waals surface area contributed by atoms with Crippen molar-refractivity contribution in [1.82, 2.24) is 10.2 Å². The lowest BCUT2D eigenvalue weighted by Gasteiger charge is -2.44. The van der Waals surface area contributed by atoms with E-state index < -0.39 is 0 Å². The fraction of sp³-hybridized carbons (Fsp3) is 0.280. The molecule has 6 heteroatoms. The van der Waals surface area contributed by atoms with Gasteiger partial charge < -0.3 is 14.7 Å². The smallest absolute Gasteiger partial charge is 0.165 e. The zero-order valence-electron chi connectivity index (χ0n) is 17.0. The Bertz CT molecular complexity index is 1160. The van der Waals surface area contributed by atoms with Crippen LogP contribution in [0.4, 0.5) is 10.2 Å². The molecule has 5 rings (SSSR count). The summed E-state index contributed by atoms with van der Waals surface area (Å²) in [5.41, 5.74) is 1.95. The van der Waals surface area contributed by atoms with E-state index in [2.05, 4.69) is 26.9 Å². The summed E-state index contributed by atoms with van der Waals surface area (Å²) < 4.78 is 20.4. The number of anilines is 1. The van der Waals surface area contributed by atoms with E-state index >= 15 is 0 Å². The second-order valence-electron chi connectivity index (χ2n) is 8.08. The summed E-state index contributed by atoms with van der Waals surface area (Å²) in [6.07, 6.45) is 3.40. The number of phenols is 1. The van der Waals surface area contributed by atoms with Crippen molar-refractivity contribution < 1.29 is 14.2 Å². The molecule has 0 aliphatic carbocycles. The third-order valence-electron chi connectivity index (χ3n) is 6.05. The lowest BCUT2D eigenvalue weighted by molar-refractivity contribution is 0.0184. The Kier molecular flexibility index (Phi) is 4.95. The van der Waals surface area contributed by atoms with Crippen molar-refractivity contribution in [3.63, 3.8) is 0 Å². The number of halogens is 1. The van der Waals surface area contributed by atoms with Crippen molar-refractivity contribution in [3.05, 3.63) is 77.2 Å². The molecule has 0 unspecified atom stereocenters. The molecule has 1 spiro atoms. The summed E-state index contributed by atoms with van der Waals surface area (Å²) in [5, 5.41) is 18.1. The molecule has 1 aromatic heterocycles. The first-order valence-electron chi connectivity index (χ1n) is 10.5. The number of nitrogens with zero attached hydrogens (tertiary/aromatic N) is 3. The molecule has 1 fully saturated rings. The number of phenolic OH excluding ortho intramolecular Hbond substituents is 1. The van der Waals surface area contributed by atoms with Gasteiger partial charge in [-0.2, -0.15) is 0 Å². The average Bonchev–Trinajstić information content (AvgIpc) is 2.80. The molecule has 3 heterocycles. The van der Waals surface area contributed by atoms with Gasteiger partial charge in [0.15, 0.2) is 17.4 Å². The van der Waals surface area contributed by atoms with Gasteiger partial charge in [0, 0.05) is 31.5 Å². The van der Waals surface area contributed by atoms with Gasteiger partial charge in [0.2, 0.25) is 0 Å². The fourth-order valence-corrected chi connectivity index (χ4v) is 4.27. The van der Waals surface area contributed by atoms with Gasteiger partial charge in [0.1, 0.15) is 17.0 Å². The maximum absolute atomic E-state index is 14.2. The highest BCUT2D eigenvalue weighted by Crippen LogP contribution is 2.41. The number of aromatic nitrogens is 2. The summed E-state index contributed by atoms with van der Waals surface area (Å²) in [5.74, 6) is 7.10. The van der Waals surface area contributed by atoms with Gasteiger partial charge >= 0.3 is 0 Å². The highest BCUT2D eigenvalue weighted by atomic mass is 19.1. The molecule has 1 saturated heterocycles. The molecule has 2 aliphatic heterocycles. The van der Waals surface area contributed by atoms with E-state index in [4.69, 9.17) is 4.74 Å². The van der Waals surface area contributed by atoms with Crippen molar-refractivity contribution in [2.45, 2.75) is 31.3 Å². The summed E-state index contributed by atoms with van der Waals surface area (Å²) in [6.45, 7) is 1.57. The maximum Gasteiger partial charge on any atom is 0.165 e. The van der Waals surface area contributed by atoms with Gasteiger partial charge in [-0.1, -0.05) is 24.1 Å². The molecular weight excluding hydrogens is 393 g/mol. The highest BCUT2D eigenvalue weighted by Gasteiger charge is 2.40. The molecule has 3 aromatic rings. The van der Waals surface area contributed by atoms with Crippen LogP contribution in [0.3, 0.4) is 0 Å². The minimum Gasteiger partial charge on any atom is -0.508 e. The van der Waals surface area contributed by atoms with Crippen LogP contribution < -0.4 is 9.64 Å². The Labute approximate surface area is 180 Å². The van der Waals surface area contributed by atoms with E-state index in [1.807, 2.05) is 24.3 Å². The Morgan fingerprint density at radius 2 is 1.81 bits per heavy atom. The molecule has 156 valence electrons. The van der Waals surface area contributed by atoms with Crippen LogP contribution in [-0.2, 0) is 6.42 Å². The third-order valence-corrected chi connectivity index (χ3v) is 6.05. The van der Waals surface area contributed by atoms with E-state index in [1.165, 1.54) is 6.07 Å². The molecule has 0 amide bonds. The summed E-state index contributed by atoms with van der Waals surface area (Å²) >= 11 is 0. The van der Waals surface area contributed by atoms with Crippen LogP contribution >= 0.6 is 0 Å². The van der Waals surface area contributed by atoms with Crippen molar-refractivity contribution in [3.8, 4) is 23.3 Å². The SMILES string of the molecule is Oc1cccc(C#Cc2ccc(N3CCC4(CCc5cccc(F)c5O4)CC3)nn2)c1. The van der Waals surface area contributed by atoms with E-state index in [0.717, 1.165) is 55.7 Å². The quantitative estimate of drug-likeness (QED) is 0.607. The molecule has 5 nitrogen and oxygen atoms in total. The number of aryl methyl sites for hydroxylation is 1. The number of ether oxygens (including phenoxy) is 1. The number of rotatable bonds is 1. The zero-order valence-corrected chi connectivity index (χ0v) is 17.0. The Balaban J connectivity index is 1.24. The number of fused-ring (bicyclic) bond motifs is 1. The molecule has 2 aromatic carbocycles. The van der Waals surface area contributed by atoms with Crippen LogP contribution in [0, 0.1) is 17.7 Å². The number of benzene rings is 2. The van der Waals surface area contributed by atoms with Crippen molar-refractivity contribution >= 4 is 5.82 Å². The Hall–Kier alpha value is -3.59. The molecular formula is C25H22FN3O2. The second kappa shape index (κ2) is 7.92. The van der Waals surface area contributed by atoms with E-state index in [0.29, 0.717) is 11.4 Å². The van der Waals surface area contributed by atoms with Crippen LogP contribution in [0.1, 0.15) is 36.1 Å². The maximum atomic E-state index is 14.2. The van der Waals surface area contributed by atoms with Crippen LogP contribution in [0.2, 0.25) is 0 Å². The number of para-hydroxylation sites is 1. The van der Waals surface area contributed by atoms with E-state index in [-0.39, 0.29) is 17.2 Å². The first-order valence-corrected chi connectivity index (χ1v) is 10.5. The largest absolute Gasteiger partial charge is 0.508 e. The normalized spacial score (nSPS) is 16.7. The van der Waals surface area contributed by atoms with Crippen molar-refractivity contribution in [2.24, 2.45) is 0 Å². The van der Waals surface area contributed by atoms with Gasteiger partial charge in [0.05, 0.1) is 0 Å². The van der Waals surface area contributed by atoms with Crippen molar-refractivity contribution in [2.75, 3.05) is 18.0 Å². The van der Waals surface area contributed by atoms with Gasteiger partial charge in [-0.3, -0.25) is 0 Å². The molecule has 1 N–H and O–H groups in total. The van der Waals surface area contributed by atoms with Gasteiger partial charge in [-0.15, -0.1) is 10.2 Å². The van der Waals surface area contributed by atoms with Crippen LogP contribution in [0.15, 0.2) is 54.6 Å². The first-order chi connectivity index (χ1) is 15.1. The summed E-state index contributed by atoms with van der Waals surface area (Å²) in [4.78, 5) is 2.19. The molecule has 0 radical (unpaired) electrons. The standard InChI is InChI=1S/C25H22FN3O2/c26-22-6-2-4-19-11-12-25(31-24(19)22)13-15-29(16-14-25)23-10-9-20(27-28-23)8-7-18-3-1-5-21(30)17-18/h1-6,9-10,17,30H,11-16H2. The third kappa shape index (κ3) is 4.04. The minimum absolute atomic E-state index is 0.185. The molecule has 0 bridgehead atoms. The molecule has 31 heavy (non-hydrogen) atoms. The molecule has 0 atom stereocenters. The fourth-order valence-electron chi connectivity index (χ4n) is 4.27. The Morgan fingerprint density at radius 3 is 2.58 bits per heavy atom. The lowest BCUT2D eigenvalue weighted by atomic mass is 9.83. The lowest BCUT2D eigenvalue weighted by Crippen LogP contribution is -2.50. The average molecular weight is 415 g/mol. The highest BCUT2D eigenvalue weighted by molar-refractivity contribution is 5.45. The molecule has 2 aliphatic rings. The van der Waals surface area contributed by atoms with Gasteiger partial charge in [-0.25, -0.2) is 4.39 Å². The number of aromatic hydroxyl groups is 1. The van der Waals surface area contributed by atoms with Crippen molar-refractivity contribution in [1.29, 1.82) is 0 Å². The number of hydrogen-bond acceptors (Lipinski definition) is 5. The number of piperidine rings is 1. The van der Waals surface area contributed by atoms with Gasteiger partial charge in [-0.05, 0) is 60.7 Å². The van der Waals surface area contributed by atoms with E-state index in [1.54, 1.807) is 24.3 Å². The summed E-state index contributed by atoms with van der Waals surface area (Å²) in [7, 11) is 0. The summed E-state index contributed by atoms with van der Waals surface area (Å²) in [6, 6.07) is 15.7. The van der Waals surface area contributed by atoms with Crippen LogP contribution in [0.25, 0.3) is 0 Å². The topological polar surface area (TPSA) is 58.5 Å². The minimum atomic E-state index is -0.300. The predicted octanol–water partition coefficient (Wildman–Crippen LogP) is 4.09. The number of hydrogen-bond donors (Lipinski definition) is 1. The zero-order chi connectivity index (χ0) is 21.3. The second-order valence-corrected chi connectivity index (χ2v) is 8.08. The molecule has 0 saturated carbocycles. The van der Waals surface area contributed by atoms with Gasteiger partial charge in [0.25, 0.3) is 0 Å². The van der Waals surface area contributed by atoms with Crippen LogP contribution in [-0.4, -0.2) is 34.0 Å². The first kappa shape index (κ1) is 19.4. The Morgan fingerprint density at radius 1 is 0.968 bits per heavy atom. The monoisotopic (exact) mass is 415 g/mol. The van der Waals surface area contributed by atoms with Crippen LogP contribution in [0.5, 0.6) is 11.5 Å². The predicted molar refractivity (Wildman–Crippen MR) is 116 cm³/mol. The van der Waals surface area contributed by atoms with E-state index in [9.17, 15) is 9.50 Å².